The van der Waals surface area contributed by atoms with Crippen molar-refractivity contribution >= 4 is 38.2 Å². The second-order valence-electron chi connectivity index (χ2n) is 9.67. The van der Waals surface area contributed by atoms with Crippen LogP contribution in [0, 0.1) is 5.92 Å². The number of carbonyl (C=O) groups excluding carboxylic acids is 1. The van der Waals surface area contributed by atoms with Gasteiger partial charge in [-0.2, -0.15) is 5.10 Å². The highest BCUT2D eigenvalue weighted by Crippen LogP contribution is 2.42. The molecule has 2 aromatic rings. The van der Waals surface area contributed by atoms with Gasteiger partial charge in [0, 0.05) is 24.3 Å². The lowest BCUT2D eigenvalue weighted by atomic mass is 9.78. The van der Waals surface area contributed by atoms with Gasteiger partial charge in [-0.25, -0.2) is 18.1 Å². The minimum absolute atomic E-state index is 0.0461. The van der Waals surface area contributed by atoms with Crippen LogP contribution in [0.15, 0.2) is 18.5 Å². The number of ether oxygens (including phenoxy) is 1. The highest BCUT2D eigenvalue weighted by atomic mass is 32.2. The molecule has 1 saturated carbocycles. The van der Waals surface area contributed by atoms with Crippen molar-refractivity contribution in [1.29, 1.82) is 0 Å². The fourth-order valence-electron chi connectivity index (χ4n) is 5.32. The number of nitrogens with one attached hydrogen (secondary N) is 2. The standard InChI is InChI=1S/C24H33N5O5S/c1-3-29-22-19(15-26-29)21(27-17-7-11-35(31,32)12-8-17)18(14-25-22)20-13-24(34-28-20)9-5-16(6-10-24)23(30)33-4-2/h13-17,28H,3-12H2,1-2H3,(H,25,27). The fraction of sp³-hybridized carbons (Fsp3) is 0.625. The third-order valence-electron chi connectivity index (χ3n) is 7.38. The molecule has 3 aliphatic rings. The molecule has 2 aromatic heterocycles. The number of fused-ring (bicyclic) bond motifs is 1. The van der Waals surface area contributed by atoms with Gasteiger partial charge in [-0.05, 0) is 58.4 Å². The van der Waals surface area contributed by atoms with Crippen LogP contribution in [0.2, 0.25) is 0 Å². The van der Waals surface area contributed by atoms with Gasteiger partial charge < -0.3 is 10.1 Å². The second-order valence-corrected chi connectivity index (χ2v) is 12.0. The summed E-state index contributed by atoms with van der Waals surface area (Å²) in [7, 11) is -2.95. The van der Waals surface area contributed by atoms with E-state index in [0.29, 0.717) is 38.8 Å². The van der Waals surface area contributed by atoms with Gasteiger partial charge in [0.25, 0.3) is 0 Å². The number of anilines is 1. The van der Waals surface area contributed by atoms with Crippen molar-refractivity contribution in [2.45, 2.75) is 70.6 Å². The lowest BCUT2D eigenvalue weighted by Crippen LogP contribution is -2.37. The van der Waals surface area contributed by atoms with Gasteiger partial charge in [-0.1, -0.05) is 0 Å². The van der Waals surface area contributed by atoms with E-state index in [-0.39, 0.29) is 29.4 Å². The number of hydrogen-bond donors (Lipinski definition) is 2. The Morgan fingerprint density at radius 2 is 1.97 bits per heavy atom. The number of rotatable bonds is 6. The van der Waals surface area contributed by atoms with Gasteiger partial charge in [0.1, 0.15) is 15.4 Å². The van der Waals surface area contributed by atoms with E-state index < -0.39 is 15.4 Å². The van der Waals surface area contributed by atoms with E-state index in [9.17, 15) is 13.2 Å². The minimum atomic E-state index is -2.95. The van der Waals surface area contributed by atoms with Crippen molar-refractivity contribution in [3.63, 3.8) is 0 Å². The molecule has 0 bridgehead atoms. The molecule has 0 atom stereocenters. The summed E-state index contributed by atoms with van der Waals surface area (Å²) in [4.78, 5) is 22.9. The third kappa shape index (κ3) is 4.75. The van der Waals surface area contributed by atoms with Crippen LogP contribution < -0.4 is 10.8 Å². The zero-order valence-corrected chi connectivity index (χ0v) is 21.1. The van der Waals surface area contributed by atoms with Crippen LogP contribution in [0.5, 0.6) is 0 Å². The maximum atomic E-state index is 12.2. The number of carbonyl (C=O) groups is 1. The SMILES string of the molecule is CCOC(=O)C1CCC2(C=C(c3cnc4c(cnn4CC)c3NC3CCS(=O)(=O)CC3)NO2)CC1. The van der Waals surface area contributed by atoms with E-state index >= 15 is 0 Å². The zero-order valence-electron chi connectivity index (χ0n) is 20.2. The predicted molar refractivity (Wildman–Crippen MR) is 132 cm³/mol. The van der Waals surface area contributed by atoms with E-state index in [1.54, 1.807) is 0 Å². The van der Waals surface area contributed by atoms with Gasteiger partial charge in [-0.3, -0.25) is 15.1 Å². The summed E-state index contributed by atoms with van der Waals surface area (Å²) in [5, 5.41) is 9.00. The van der Waals surface area contributed by atoms with Crippen LogP contribution in [0.1, 0.15) is 57.9 Å². The first-order chi connectivity index (χ1) is 16.8. The monoisotopic (exact) mass is 503 g/mol. The Morgan fingerprint density at radius 3 is 2.66 bits per heavy atom. The van der Waals surface area contributed by atoms with Crippen molar-refractivity contribution in [3.05, 3.63) is 24.0 Å². The van der Waals surface area contributed by atoms with Crippen LogP contribution in [0.4, 0.5) is 5.69 Å². The predicted octanol–water partition coefficient (Wildman–Crippen LogP) is 2.81. The Balaban J connectivity index is 1.43. The largest absolute Gasteiger partial charge is 0.466 e. The fourth-order valence-corrected chi connectivity index (χ4v) is 6.81. The maximum Gasteiger partial charge on any atom is 0.308 e. The summed E-state index contributed by atoms with van der Waals surface area (Å²) >= 11 is 0. The van der Waals surface area contributed by atoms with E-state index in [0.717, 1.165) is 40.8 Å². The second kappa shape index (κ2) is 9.42. The van der Waals surface area contributed by atoms with Crippen molar-refractivity contribution in [2.75, 3.05) is 23.4 Å². The molecule has 0 unspecified atom stereocenters. The molecular weight excluding hydrogens is 470 g/mol. The average molecular weight is 504 g/mol. The molecule has 1 spiro atoms. The summed E-state index contributed by atoms with van der Waals surface area (Å²) in [5.74, 6) is 0.175. The summed E-state index contributed by atoms with van der Waals surface area (Å²) in [6.07, 6.45) is 9.75. The van der Waals surface area contributed by atoms with E-state index in [1.807, 2.05) is 30.9 Å². The molecule has 11 heteroatoms. The molecule has 0 amide bonds. The highest BCUT2D eigenvalue weighted by molar-refractivity contribution is 7.91. The Morgan fingerprint density at radius 1 is 1.23 bits per heavy atom. The summed E-state index contributed by atoms with van der Waals surface area (Å²) in [5.41, 5.74) is 6.01. The van der Waals surface area contributed by atoms with E-state index in [4.69, 9.17) is 9.57 Å². The van der Waals surface area contributed by atoms with Gasteiger partial charge in [-0.15, -0.1) is 0 Å². The molecule has 4 heterocycles. The van der Waals surface area contributed by atoms with Crippen LogP contribution >= 0.6 is 0 Å². The quantitative estimate of drug-likeness (QED) is 0.573. The molecule has 5 rings (SSSR count). The first-order valence-corrected chi connectivity index (χ1v) is 14.3. The number of aryl methyl sites for hydroxylation is 1. The number of hydrogen-bond acceptors (Lipinski definition) is 9. The van der Waals surface area contributed by atoms with Crippen molar-refractivity contribution in [2.24, 2.45) is 5.92 Å². The van der Waals surface area contributed by atoms with E-state index in [1.165, 1.54) is 0 Å². The number of pyridine rings is 1. The van der Waals surface area contributed by atoms with Crippen molar-refractivity contribution in [3.8, 4) is 0 Å². The van der Waals surface area contributed by atoms with Crippen LogP contribution in [-0.2, 0) is 30.8 Å². The smallest absolute Gasteiger partial charge is 0.308 e. The summed E-state index contributed by atoms with van der Waals surface area (Å²) in [6, 6.07) is 0.0461. The first kappa shape index (κ1) is 24.1. The van der Waals surface area contributed by atoms with Crippen molar-refractivity contribution < 1.29 is 22.8 Å². The zero-order chi connectivity index (χ0) is 24.6. The normalized spacial score (nSPS) is 23.7. The molecule has 1 saturated heterocycles. The number of hydroxylamine groups is 1. The van der Waals surface area contributed by atoms with Gasteiger partial charge in [0.05, 0.1) is 47.0 Å². The number of nitrogens with zero attached hydrogens (tertiary/aromatic N) is 3. The van der Waals surface area contributed by atoms with Crippen LogP contribution in [0.3, 0.4) is 0 Å². The maximum absolute atomic E-state index is 12.2. The minimum Gasteiger partial charge on any atom is -0.466 e. The van der Waals surface area contributed by atoms with E-state index in [2.05, 4.69) is 27.0 Å². The molecule has 190 valence electrons. The summed E-state index contributed by atoms with van der Waals surface area (Å²) in [6.45, 7) is 4.95. The molecule has 10 nitrogen and oxygen atoms in total. The number of sulfone groups is 1. The van der Waals surface area contributed by atoms with Gasteiger partial charge in [0.2, 0.25) is 0 Å². The molecule has 2 N–H and O–H groups in total. The Labute approximate surface area is 205 Å². The molecule has 35 heavy (non-hydrogen) atoms. The van der Waals surface area contributed by atoms with Crippen LogP contribution in [0.25, 0.3) is 16.7 Å². The number of esters is 1. The molecule has 1 aliphatic carbocycles. The molecule has 2 fully saturated rings. The number of aromatic nitrogens is 3. The molecule has 0 radical (unpaired) electrons. The molecular formula is C24H33N5O5S. The Kier molecular flexibility index (Phi) is 6.47. The first-order valence-electron chi connectivity index (χ1n) is 12.5. The Bertz CT molecular complexity index is 1230. The molecule has 0 aromatic carbocycles. The Hall–Kier alpha value is -2.66. The van der Waals surface area contributed by atoms with Gasteiger partial charge >= 0.3 is 5.97 Å². The lowest BCUT2D eigenvalue weighted by Gasteiger charge is -2.33. The highest BCUT2D eigenvalue weighted by Gasteiger charge is 2.42. The third-order valence-corrected chi connectivity index (χ3v) is 9.10. The molecule has 2 aliphatic heterocycles. The van der Waals surface area contributed by atoms with Crippen LogP contribution in [-0.4, -0.2) is 58.9 Å². The topological polar surface area (TPSA) is 124 Å². The lowest BCUT2D eigenvalue weighted by molar-refractivity contribution is -0.151. The van der Waals surface area contributed by atoms with Crippen molar-refractivity contribution in [1.82, 2.24) is 20.2 Å². The van der Waals surface area contributed by atoms with Gasteiger partial charge in [0.15, 0.2) is 5.65 Å². The summed E-state index contributed by atoms with van der Waals surface area (Å²) < 4.78 is 30.9. The average Bonchev–Trinajstić information content (AvgIpc) is 3.45.